The Bertz CT molecular complexity index is 892. The van der Waals surface area contributed by atoms with E-state index in [0.717, 1.165) is 0 Å². The molecule has 2 heterocycles. The number of carbonyl (C=O) groups excluding carboxylic acids is 3. The van der Waals surface area contributed by atoms with Gasteiger partial charge in [-0.3, -0.25) is 19.3 Å². The maximum Gasteiger partial charge on any atom is 0.273 e. The monoisotopic (exact) mass is 387 g/mol. The number of rotatable bonds is 8. The number of Topliss-reactive ketones (excluding diaryl/α,β-unsaturated/α-hetero) is 1. The minimum atomic E-state index is -0.362. The van der Waals surface area contributed by atoms with Crippen LogP contribution in [0, 0.1) is 0 Å². The molecule has 0 bridgehead atoms. The number of aromatic nitrogens is 1. The number of benzene rings is 1. The largest absolute Gasteiger partial charge is 0.482 e. The molecule has 9 nitrogen and oxygen atoms in total. The molecular weight excluding hydrogens is 366 g/mol. The highest BCUT2D eigenvalue weighted by Gasteiger charge is 2.28. The number of amides is 2. The van der Waals surface area contributed by atoms with Gasteiger partial charge in [-0.15, -0.1) is 0 Å². The smallest absolute Gasteiger partial charge is 0.273 e. The molecule has 0 atom stereocenters. The van der Waals surface area contributed by atoms with Crippen molar-refractivity contribution in [2.45, 2.75) is 19.9 Å². The lowest BCUT2D eigenvalue weighted by Crippen LogP contribution is -2.38. The zero-order valence-corrected chi connectivity index (χ0v) is 15.7. The predicted molar refractivity (Wildman–Crippen MR) is 98.5 cm³/mol. The fourth-order valence-corrected chi connectivity index (χ4v) is 2.73. The summed E-state index contributed by atoms with van der Waals surface area (Å²) in [7, 11) is 1.59. The summed E-state index contributed by atoms with van der Waals surface area (Å²) in [6, 6.07) is 4.90. The highest BCUT2D eigenvalue weighted by molar-refractivity contribution is 6.01. The number of nitrogens with zero attached hydrogens (tertiary/aromatic N) is 2. The number of methoxy groups -OCH3 is 1. The quantitative estimate of drug-likeness (QED) is 0.541. The maximum absolute atomic E-state index is 12.3. The summed E-state index contributed by atoms with van der Waals surface area (Å²) in [6.07, 6.45) is 1.93. The number of oxazole rings is 1. The molecule has 3 rings (SSSR count). The van der Waals surface area contributed by atoms with Crippen LogP contribution in [0.3, 0.4) is 0 Å². The minimum absolute atomic E-state index is 0.0213. The van der Waals surface area contributed by atoms with Crippen LogP contribution in [-0.4, -0.2) is 49.4 Å². The number of carbonyl (C=O) groups is 3. The van der Waals surface area contributed by atoms with E-state index in [1.54, 1.807) is 25.3 Å². The molecule has 0 saturated heterocycles. The number of hydrogen-bond acceptors (Lipinski definition) is 7. The Morgan fingerprint density at radius 3 is 2.93 bits per heavy atom. The van der Waals surface area contributed by atoms with Crippen molar-refractivity contribution in [3.05, 3.63) is 41.6 Å². The Balaban J connectivity index is 1.73. The van der Waals surface area contributed by atoms with Crippen molar-refractivity contribution in [3.8, 4) is 5.75 Å². The molecule has 148 valence electrons. The molecule has 1 N–H and O–H groups in total. The second-order valence-electron chi connectivity index (χ2n) is 6.24. The maximum atomic E-state index is 12.3. The van der Waals surface area contributed by atoms with Crippen molar-refractivity contribution in [2.75, 3.05) is 31.8 Å². The van der Waals surface area contributed by atoms with Crippen LogP contribution in [0.4, 0.5) is 5.69 Å². The first-order chi connectivity index (χ1) is 13.5. The topological polar surface area (TPSA) is 111 Å². The minimum Gasteiger partial charge on any atom is -0.482 e. The van der Waals surface area contributed by atoms with Gasteiger partial charge in [-0.1, -0.05) is 0 Å². The Labute approximate surface area is 161 Å². The van der Waals surface area contributed by atoms with Crippen LogP contribution in [-0.2, 0) is 16.1 Å². The van der Waals surface area contributed by atoms with E-state index in [1.165, 1.54) is 18.1 Å². The van der Waals surface area contributed by atoms with E-state index in [0.29, 0.717) is 36.6 Å². The number of ether oxygens (including phenoxy) is 2. The first kappa shape index (κ1) is 19.6. The molecule has 1 aromatic carbocycles. The Kier molecular flexibility index (Phi) is 6.05. The lowest BCUT2D eigenvalue weighted by Gasteiger charge is -2.28. The highest BCUT2D eigenvalue weighted by atomic mass is 16.5. The van der Waals surface area contributed by atoms with Crippen molar-refractivity contribution in [1.82, 2.24) is 10.3 Å². The molecule has 0 radical (unpaired) electrons. The van der Waals surface area contributed by atoms with Gasteiger partial charge in [-0.2, -0.15) is 0 Å². The van der Waals surface area contributed by atoms with Gasteiger partial charge in [0.2, 0.25) is 5.89 Å². The Morgan fingerprint density at radius 1 is 1.36 bits per heavy atom. The molecular formula is C19H21N3O6. The summed E-state index contributed by atoms with van der Waals surface area (Å²) >= 11 is 0. The van der Waals surface area contributed by atoms with E-state index in [1.807, 2.05) is 0 Å². The molecule has 9 heteroatoms. The van der Waals surface area contributed by atoms with Gasteiger partial charge < -0.3 is 19.2 Å². The van der Waals surface area contributed by atoms with Gasteiger partial charge in [0.15, 0.2) is 18.1 Å². The first-order valence-electron chi connectivity index (χ1n) is 8.79. The van der Waals surface area contributed by atoms with Crippen molar-refractivity contribution in [2.24, 2.45) is 0 Å². The fourth-order valence-electron chi connectivity index (χ4n) is 2.73. The van der Waals surface area contributed by atoms with Crippen LogP contribution in [0.2, 0.25) is 0 Å². The molecule has 1 aliphatic heterocycles. The molecule has 0 saturated carbocycles. The van der Waals surface area contributed by atoms with Crippen LogP contribution in [0.1, 0.15) is 40.1 Å². The summed E-state index contributed by atoms with van der Waals surface area (Å²) in [6.45, 7) is 2.35. The average molecular weight is 387 g/mol. The van der Waals surface area contributed by atoms with Crippen LogP contribution < -0.4 is 15.0 Å². The molecule has 0 fully saturated rings. The molecule has 0 spiro atoms. The number of fused-ring (bicyclic) bond motifs is 1. The summed E-state index contributed by atoms with van der Waals surface area (Å²) < 4.78 is 15.7. The van der Waals surface area contributed by atoms with Crippen molar-refractivity contribution < 1.29 is 28.3 Å². The molecule has 1 aromatic heterocycles. The van der Waals surface area contributed by atoms with Crippen LogP contribution in [0.15, 0.2) is 28.9 Å². The summed E-state index contributed by atoms with van der Waals surface area (Å²) in [4.78, 5) is 41.7. The Hall–Kier alpha value is -3.20. The van der Waals surface area contributed by atoms with E-state index < -0.39 is 0 Å². The zero-order chi connectivity index (χ0) is 20.1. The van der Waals surface area contributed by atoms with Crippen LogP contribution in [0.25, 0.3) is 0 Å². The second kappa shape index (κ2) is 8.66. The third-order valence-electron chi connectivity index (χ3n) is 4.20. The van der Waals surface area contributed by atoms with E-state index in [9.17, 15) is 14.4 Å². The molecule has 2 aromatic rings. The number of hydrogen-bond donors (Lipinski definition) is 1. The van der Waals surface area contributed by atoms with Gasteiger partial charge in [-0.25, -0.2) is 4.98 Å². The standard InChI is InChI=1S/C19H21N3O6/c1-12(23)13-4-5-16-15(8-13)22(18(24)11-27-16)9-17-21-14(10-28-17)19(25)20-6-3-7-26-2/h4-5,8,10H,3,6-7,9,11H2,1-2H3,(H,20,25). The van der Waals surface area contributed by atoms with Crippen molar-refractivity contribution in [3.63, 3.8) is 0 Å². The average Bonchev–Trinajstić information content (AvgIpc) is 3.15. The van der Waals surface area contributed by atoms with Gasteiger partial charge in [0.25, 0.3) is 11.8 Å². The molecule has 28 heavy (non-hydrogen) atoms. The highest BCUT2D eigenvalue weighted by Crippen LogP contribution is 2.34. The SMILES string of the molecule is COCCCNC(=O)c1coc(CN2C(=O)COc3ccc(C(C)=O)cc32)n1. The molecule has 1 aliphatic rings. The second-order valence-corrected chi connectivity index (χ2v) is 6.24. The molecule has 0 aliphatic carbocycles. The normalized spacial score (nSPS) is 13.1. The van der Waals surface area contributed by atoms with Gasteiger partial charge in [0, 0.05) is 25.8 Å². The molecule has 2 amide bonds. The van der Waals surface area contributed by atoms with E-state index >= 15 is 0 Å². The van der Waals surface area contributed by atoms with E-state index in [-0.39, 0.29) is 42.3 Å². The summed E-state index contributed by atoms with van der Waals surface area (Å²) in [5.74, 6) is -0.0799. The summed E-state index contributed by atoms with van der Waals surface area (Å²) in [5.41, 5.74) is 1.06. The van der Waals surface area contributed by atoms with Gasteiger partial charge in [-0.05, 0) is 31.5 Å². The number of anilines is 1. The lowest BCUT2D eigenvalue weighted by atomic mass is 10.1. The zero-order valence-electron chi connectivity index (χ0n) is 15.7. The fraction of sp³-hybridized carbons (Fsp3) is 0.368. The summed E-state index contributed by atoms with van der Waals surface area (Å²) in [5, 5.41) is 2.72. The first-order valence-corrected chi connectivity index (χ1v) is 8.79. The van der Waals surface area contributed by atoms with Gasteiger partial charge in [0.1, 0.15) is 18.6 Å². The lowest BCUT2D eigenvalue weighted by molar-refractivity contribution is -0.121. The predicted octanol–water partition coefficient (Wildman–Crippen LogP) is 1.57. The van der Waals surface area contributed by atoms with E-state index in [2.05, 4.69) is 10.3 Å². The number of nitrogens with one attached hydrogen (secondary N) is 1. The molecule has 0 unspecified atom stereocenters. The Morgan fingerprint density at radius 2 is 2.18 bits per heavy atom. The third-order valence-corrected chi connectivity index (χ3v) is 4.20. The van der Waals surface area contributed by atoms with Gasteiger partial charge in [0.05, 0.1) is 5.69 Å². The van der Waals surface area contributed by atoms with Crippen LogP contribution >= 0.6 is 0 Å². The van der Waals surface area contributed by atoms with Crippen molar-refractivity contribution in [1.29, 1.82) is 0 Å². The van der Waals surface area contributed by atoms with E-state index in [4.69, 9.17) is 13.9 Å². The number of ketones is 1. The van der Waals surface area contributed by atoms with Crippen molar-refractivity contribution >= 4 is 23.3 Å². The van der Waals surface area contributed by atoms with Gasteiger partial charge >= 0.3 is 0 Å². The van der Waals surface area contributed by atoms with Crippen LogP contribution in [0.5, 0.6) is 5.75 Å². The third kappa shape index (κ3) is 4.37.